The van der Waals surface area contributed by atoms with E-state index in [1.807, 2.05) is 43.3 Å². The van der Waals surface area contributed by atoms with E-state index in [0.717, 1.165) is 11.3 Å². The van der Waals surface area contributed by atoms with Crippen LogP contribution in [0.1, 0.15) is 43.4 Å². The molecule has 1 unspecified atom stereocenters. The van der Waals surface area contributed by atoms with E-state index in [1.54, 1.807) is 26.0 Å². The second kappa shape index (κ2) is 8.87. The summed E-state index contributed by atoms with van der Waals surface area (Å²) in [6.45, 7) is 5.42. The highest BCUT2D eigenvalue weighted by Gasteiger charge is 2.19. The highest BCUT2D eigenvalue weighted by molar-refractivity contribution is 5.92. The standard InChI is InChI=1S/C20H23NO4/c1-14(2)24-20(23)13-18(16-7-5-4-6-8-16)21-19(22)12-11-17-10-9-15(3)25-17/h4-12,14,18H,13H2,1-3H3,(H,21,22)/b12-11+. The molecule has 0 aliphatic rings. The van der Waals surface area contributed by atoms with Crippen molar-refractivity contribution in [3.8, 4) is 0 Å². The van der Waals surface area contributed by atoms with E-state index in [1.165, 1.54) is 6.08 Å². The number of ether oxygens (including phenoxy) is 1. The van der Waals surface area contributed by atoms with Gasteiger partial charge in [-0.1, -0.05) is 30.3 Å². The van der Waals surface area contributed by atoms with Gasteiger partial charge in [-0.3, -0.25) is 9.59 Å². The number of hydrogen-bond donors (Lipinski definition) is 1. The number of esters is 1. The van der Waals surface area contributed by atoms with Crippen molar-refractivity contribution in [1.29, 1.82) is 0 Å². The molecule has 5 nitrogen and oxygen atoms in total. The van der Waals surface area contributed by atoms with Crippen LogP contribution < -0.4 is 5.32 Å². The Bertz CT molecular complexity index is 731. The minimum absolute atomic E-state index is 0.0711. The number of hydrogen-bond acceptors (Lipinski definition) is 4. The summed E-state index contributed by atoms with van der Waals surface area (Å²) < 4.78 is 10.6. The molecular weight excluding hydrogens is 318 g/mol. The molecule has 2 aromatic rings. The summed E-state index contributed by atoms with van der Waals surface area (Å²) in [5, 5.41) is 2.85. The van der Waals surface area contributed by atoms with Gasteiger partial charge < -0.3 is 14.5 Å². The van der Waals surface area contributed by atoms with Crippen LogP contribution in [0.15, 0.2) is 53.0 Å². The number of benzene rings is 1. The fourth-order valence-corrected chi connectivity index (χ4v) is 2.34. The Hall–Kier alpha value is -2.82. The third-order valence-corrected chi connectivity index (χ3v) is 3.42. The molecule has 1 amide bonds. The number of furan rings is 1. The van der Waals surface area contributed by atoms with Gasteiger partial charge in [-0.2, -0.15) is 0 Å². The lowest BCUT2D eigenvalue weighted by Crippen LogP contribution is -2.29. The quantitative estimate of drug-likeness (QED) is 0.614. The molecule has 0 saturated carbocycles. The van der Waals surface area contributed by atoms with Crippen molar-refractivity contribution >= 4 is 18.0 Å². The van der Waals surface area contributed by atoms with Crippen molar-refractivity contribution in [3.63, 3.8) is 0 Å². The second-order valence-electron chi connectivity index (χ2n) is 6.00. The summed E-state index contributed by atoms with van der Waals surface area (Å²) in [5.41, 5.74) is 0.846. The molecule has 2 rings (SSSR count). The molecule has 1 aromatic carbocycles. The predicted molar refractivity (Wildman–Crippen MR) is 95.6 cm³/mol. The summed E-state index contributed by atoms with van der Waals surface area (Å²) in [6.07, 6.45) is 2.86. The van der Waals surface area contributed by atoms with Gasteiger partial charge in [-0.25, -0.2) is 0 Å². The first-order valence-corrected chi connectivity index (χ1v) is 8.23. The lowest BCUT2D eigenvalue weighted by Gasteiger charge is -2.18. The van der Waals surface area contributed by atoms with Gasteiger partial charge in [0.05, 0.1) is 18.6 Å². The number of nitrogens with one attached hydrogen (secondary N) is 1. The van der Waals surface area contributed by atoms with Crippen molar-refractivity contribution in [2.45, 2.75) is 39.3 Å². The van der Waals surface area contributed by atoms with Gasteiger partial charge in [0, 0.05) is 6.08 Å². The molecule has 0 fully saturated rings. The van der Waals surface area contributed by atoms with Crippen LogP contribution in [0.5, 0.6) is 0 Å². The van der Waals surface area contributed by atoms with Gasteiger partial charge in [0.25, 0.3) is 0 Å². The normalized spacial score (nSPS) is 12.3. The van der Waals surface area contributed by atoms with Gasteiger partial charge >= 0.3 is 5.97 Å². The van der Waals surface area contributed by atoms with Crippen LogP contribution in [0.3, 0.4) is 0 Å². The fourth-order valence-electron chi connectivity index (χ4n) is 2.34. The maximum absolute atomic E-state index is 12.2. The number of rotatable bonds is 7. The molecule has 1 atom stereocenters. The SMILES string of the molecule is Cc1ccc(/C=C/C(=O)NC(CC(=O)OC(C)C)c2ccccc2)o1. The highest BCUT2D eigenvalue weighted by Crippen LogP contribution is 2.18. The van der Waals surface area contributed by atoms with Crippen molar-refractivity contribution in [2.24, 2.45) is 0 Å². The average Bonchev–Trinajstić information content (AvgIpc) is 2.98. The Kier molecular flexibility index (Phi) is 6.57. The maximum Gasteiger partial charge on any atom is 0.308 e. The topological polar surface area (TPSA) is 68.5 Å². The molecule has 1 N–H and O–H groups in total. The lowest BCUT2D eigenvalue weighted by molar-refractivity contribution is -0.148. The highest BCUT2D eigenvalue weighted by atomic mass is 16.5. The van der Waals surface area contributed by atoms with Gasteiger partial charge in [0.2, 0.25) is 5.91 Å². The Labute approximate surface area is 147 Å². The third-order valence-electron chi connectivity index (χ3n) is 3.42. The van der Waals surface area contributed by atoms with Crippen LogP contribution in [-0.2, 0) is 14.3 Å². The molecule has 5 heteroatoms. The van der Waals surface area contributed by atoms with E-state index >= 15 is 0 Å². The van der Waals surface area contributed by atoms with Crippen LogP contribution in [-0.4, -0.2) is 18.0 Å². The summed E-state index contributed by atoms with van der Waals surface area (Å²) in [4.78, 5) is 24.2. The van der Waals surface area contributed by atoms with Gasteiger partial charge in [-0.15, -0.1) is 0 Å². The smallest absolute Gasteiger partial charge is 0.308 e. The molecule has 0 bridgehead atoms. The summed E-state index contributed by atoms with van der Waals surface area (Å²) in [6, 6.07) is 12.5. The maximum atomic E-state index is 12.2. The molecule has 0 radical (unpaired) electrons. The van der Waals surface area contributed by atoms with Crippen LogP contribution >= 0.6 is 0 Å². The van der Waals surface area contributed by atoms with E-state index in [4.69, 9.17) is 9.15 Å². The number of carbonyl (C=O) groups excluding carboxylic acids is 2. The van der Waals surface area contributed by atoms with E-state index in [-0.39, 0.29) is 24.4 Å². The zero-order valence-electron chi connectivity index (χ0n) is 14.7. The van der Waals surface area contributed by atoms with E-state index in [2.05, 4.69) is 5.32 Å². The molecule has 1 heterocycles. The summed E-state index contributed by atoms with van der Waals surface area (Å²) in [7, 11) is 0. The van der Waals surface area contributed by atoms with Gasteiger partial charge in [-0.05, 0) is 44.5 Å². The molecule has 0 spiro atoms. The minimum atomic E-state index is -0.456. The lowest BCUT2D eigenvalue weighted by atomic mass is 10.0. The fraction of sp³-hybridized carbons (Fsp3) is 0.300. The molecule has 0 aliphatic carbocycles. The zero-order chi connectivity index (χ0) is 18.2. The number of amides is 1. The molecule has 132 valence electrons. The monoisotopic (exact) mass is 341 g/mol. The average molecular weight is 341 g/mol. The van der Waals surface area contributed by atoms with E-state index in [9.17, 15) is 9.59 Å². The Balaban J connectivity index is 2.05. The second-order valence-corrected chi connectivity index (χ2v) is 6.00. The third kappa shape index (κ3) is 6.30. The molecular formula is C20H23NO4. The first-order chi connectivity index (χ1) is 11.9. The Morgan fingerprint density at radius 1 is 1.16 bits per heavy atom. The summed E-state index contributed by atoms with van der Waals surface area (Å²) >= 11 is 0. The van der Waals surface area contributed by atoms with Crippen LogP contribution in [0.25, 0.3) is 6.08 Å². The van der Waals surface area contributed by atoms with Crippen molar-refractivity contribution in [3.05, 3.63) is 65.6 Å². The molecule has 1 aromatic heterocycles. The van der Waals surface area contributed by atoms with Crippen LogP contribution in [0.2, 0.25) is 0 Å². The number of aryl methyl sites for hydroxylation is 1. The zero-order valence-corrected chi connectivity index (χ0v) is 14.7. The molecule has 0 saturated heterocycles. The minimum Gasteiger partial charge on any atom is -0.463 e. The largest absolute Gasteiger partial charge is 0.463 e. The Morgan fingerprint density at radius 3 is 2.48 bits per heavy atom. The van der Waals surface area contributed by atoms with Crippen molar-refractivity contribution in [1.82, 2.24) is 5.32 Å². The summed E-state index contributed by atoms with van der Waals surface area (Å²) in [5.74, 6) is 0.719. The molecule has 0 aliphatic heterocycles. The predicted octanol–water partition coefficient (Wildman–Crippen LogP) is 3.80. The van der Waals surface area contributed by atoms with Gasteiger partial charge in [0.1, 0.15) is 11.5 Å². The van der Waals surface area contributed by atoms with Crippen LogP contribution in [0.4, 0.5) is 0 Å². The first-order valence-electron chi connectivity index (χ1n) is 8.23. The Morgan fingerprint density at radius 2 is 1.88 bits per heavy atom. The first kappa shape index (κ1) is 18.5. The van der Waals surface area contributed by atoms with Crippen molar-refractivity contribution < 1.29 is 18.7 Å². The van der Waals surface area contributed by atoms with Gasteiger partial charge in [0.15, 0.2) is 0 Å². The number of carbonyl (C=O) groups is 2. The van der Waals surface area contributed by atoms with Crippen molar-refractivity contribution in [2.75, 3.05) is 0 Å². The van der Waals surface area contributed by atoms with E-state index in [0.29, 0.717) is 5.76 Å². The molecule has 25 heavy (non-hydrogen) atoms. The van der Waals surface area contributed by atoms with E-state index < -0.39 is 6.04 Å². The van der Waals surface area contributed by atoms with Crippen LogP contribution in [0, 0.1) is 6.92 Å².